The molecule has 1 N–H and O–H groups in total. The Kier molecular flexibility index (Phi) is 5.17. The Balaban J connectivity index is 1.92. The molecule has 0 radical (unpaired) electrons. The van der Waals surface area contributed by atoms with E-state index in [1.807, 2.05) is 0 Å². The van der Waals surface area contributed by atoms with Crippen LogP contribution in [0.4, 0.5) is 0 Å². The molecule has 1 aliphatic rings. The first-order chi connectivity index (χ1) is 9.06. The van der Waals surface area contributed by atoms with Crippen LogP contribution < -0.4 is 5.32 Å². The molecule has 0 aromatic heterocycles. The van der Waals surface area contributed by atoms with Gasteiger partial charge in [-0.3, -0.25) is 4.21 Å². The molecule has 3 heteroatoms. The number of hydrogen-bond donors (Lipinski definition) is 1. The third kappa shape index (κ3) is 4.15. The predicted octanol–water partition coefficient (Wildman–Crippen LogP) is 2.98. The van der Waals surface area contributed by atoms with E-state index in [4.69, 9.17) is 0 Å². The molecule has 19 heavy (non-hydrogen) atoms. The number of rotatable bonds is 6. The van der Waals surface area contributed by atoms with E-state index in [2.05, 4.69) is 37.4 Å². The third-order valence-electron chi connectivity index (χ3n) is 4.00. The van der Waals surface area contributed by atoms with E-state index in [1.54, 1.807) is 6.26 Å². The maximum absolute atomic E-state index is 11.1. The van der Waals surface area contributed by atoms with E-state index in [0.717, 1.165) is 12.2 Å². The van der Waals surface area contributed by atoms with E-state index >= 15 is 0 Å². The normalized spacial score (nSPS) is 18.9. The van der Waals surface area contributed by atoms with E-state index < -0.39 is 10.8 Å². The van der Waals surface area contributed by atoms with Crippen molar-refractivity contribution >= 4 is 10.8 Å². The molecule has 3 atom stereocenters. The minimum atomic E-state index is -0.685. The number of benzene rings is 1. The summed E-state index contributed by atoms with van der Waals surface area (Å²) in [5.41, 5.74) is 4.45. The summed E-state index contributed by atoms with van der Waals surface area (Å²) in [5.74, 6) is 0.783. The molecule has 0 bridgehead atoms. The highest BCUT2D eigenvalue weighted by Crippen LogP contribution is 2.25. The molecule has 3 unspecified atom stereocenters. The summed E-state index contributed by atoms with van der Waals surface area (Å²) in [6, 6.07) is 7.69. The van der Waals surface area contributed by atoms with Gasteiger partial charge < -0.3 is 5.32 Å². The fourth-order valence-electron chi connectivity index (χ4n) is 2.81. The van der Waals surface area contributed by atoms with E-state index in [0.29, 0.717) is 12.1 Å². The minimum Gasteiger partial charge on any atom is -0.308 e. The Labute approximate surface area is 119 Å². The molecule has 0 saturated carbocycles. The van der Waals surface area contributed by atoms with Crippen LogP contribution in [-0.2, 0) is 23.6 Å². The third-order valence-corrected chi connectivity index (χ3v) is 4.81. The smallest absolute Gasteiger partial charge is 0.0294 e. The van der Waals surface area contributed by atoms with Gasteiger partial charge in [0, 0.05) is 34.9 Å². The summed E-state index contributed by atoms with van der Waals surface area (Å²) in [6.45, 7) is 4.40. The zero-order chi connectivity index (χ0) is 13.8. The lowest BCUT2D eigenvalue weighted by atomic mass is 10.0. The van der Waals surface area contributed by atoms with Crippen LogP contribution >= 0.6 is 0 Å². The molecule has 1 aromatic rings. The van der Waals surface area contributed by atoms with Crippen molar-refractivity contribution in [1.82, 2.24) is 5.32 Å². The Morgan fingerprint density at radius 2 is 2.00 bits per heavy atom. The highest BCUT2D eigenvalue weighted by molar-refractivity contribution is 7.84. The average molecular weight is 279 g/mol. The highest BCUT2D eigenvalue weighted by atomic mass is 32.2. The fourth-order valence-corrected chi connectivity index (χ4v) is 3.50. The second-order valence-electron chi connectivity index (χ2n) is 5.74. The van der Waals surface area contributed by atoms with E-state index in [-0.39, 0.29) is 0 Å². The zero-order valence-corrected chi connectivity index (χ0v) is 13.1. The molecule has 0 amide bonds. The quantitative estimate of drug-likeness (QED) is 0.867. The second kappa shape index (κ2) is 6.67. The monoisotopic (exact) mass is 279 g/mol. The molecular weight excluding hydrogens is 254 g/mol. The molecule has 0 heterocycles. The van der Waals surface area contributed by atoms with E-state index in [9.17, 15) is 4.21 Å². The molecular formula is C16H25NOS. The summed E-state index contributed by atoms with van der Waals surface area (Å²) in [7, 11) is -0.685. The van der Waals surface area contributed by atoms with Gasteiger partial charge in [-0.25, -0.2) is 0 Å². The molecule has 0 aliphatic heterocycles. The summed E-state index contributed by atoms with van der Waals surface area (Å²) in [5, 5.41) is 3.61. The number of aryl methyl sites for hydroxylation is 2. The summed E-state index contributed by atoms with van der Waals surface area (Å²) < 4.78 is 11.1. The lowest BCUT2D eigenvalue weighted by Crippen LogP contribution is -2.30. The SMILES string of the molecule is CC(CCS(C)=O)NC(C)c1ccc2c(c1)CCC2. The van der Waals surface area contributed by atoms with Crippen LogP contribution in [0.5, 0.6) is 0 Å². The van der Waals surface area contributed by atoms with Gasteiger partial charge in [0.2, 0.25) is 0 Å². The first kappa shape index (κ1) is 14.7. The lowest BCUT2D eigenvalue weighted by Gasteiger charge is -2.20. The van der Waals surface area contributed by atoms with Crippen LogP contribution in [0.25, 0.3) is 0 Å². The maximum Gasteiger partial charge on any atom is 0.0294 e. The van der Waals surface area contributed by atoms with Crippen molar-refractivity contribution in [3.8, 4) is 0 Å². The van der Waals surface area contributed by atoms with Crippen molar-refractivity contribution in [2.45, 2.75) is 51.6 Å². The second-order valence-corrected chi connectivity index (χ2v) is 7.29. The van der Waals surface area contributed by atoms with Gasteiger partial charge in [0.25, 0.3) is 0 Å². The van der Waals surface area contributed by atoms with Crippen molar-refractivity contribution in [2.75, 3.05) is 12.0 Å². The highest BCUT2D eigenvalue weighted by Gasteiger charge is 2.14. The van der Waals surface area contributed by atoms with Crippen LogP contribution in [0.15, 0.2) is 18.2 Å². The molecule has 1 aliphatic carbocycles. The van der Waals surface area contributed by atoms with Crippen molar-refractivity contribution in [2.24, 2.45) is 0 Å². The first-order valence-electron chi connectivity index (χ1n) is 7.24. The standard InChI is InChI=1S/C16H25NOS/c1-12(9-10-19(3)18)17-13(2)15-8-7-14-5-4-6-16(14)11-15/h7-8,11-13,17H,4-6,9-10H2,1-3H3. The fraction of sp³-hybridized carbons (Fsp3) is 0.625. The van der Waals surface area contributed by atoms with Gasteiger partial charge in [0.15, 0.2) is 0 Å². The zero-order valence-electron chi connectivity index (χ0n) is 12.2. The summed E-state index contributed by atoms with van der Waals surface area (Å²) in [6.07, 6.45) is 6.53. The van der Waals surface area contributed by atoms with Crippen LogP contribution in [0, 0.1) is 0 Å². The molecule has 1 aromatic carbocycles. The lowest BCUT2D eigenvalue weighted by molar-refractivity contribution is 0.470. The first-order valence-corrected chi connectivity index (χ1v) is 8.96. The predicted molar refractivity (Wildman–Crippen MR) is 83.0 cm³/mol. The average Bonchev–Trinajstić information content (AvgIpc) is 2.83. The molecule has 0 saturated heterocycles. The molecule has 0 fully saturated rings. The summed E-state index contributed by atoms with van der Waals surface area (Å²) in [4.78, 5) is 0. The topological polar surface area (TPSA) is 29.1 Å². The molecule has 106 valence electrons. The Morgan fingerprint density at radius 3 is 2.74 bits per heavy atom. The minimum absolute atomic E-state index is 0.367. The van der Waals surface area contributed by atoms with Crippen molar-refractivity contribution < 1.29 is 4.21 Å². The van der Waals surface area contributed by atoms with Crippen molar-refractivity contribution in [3.63, 3.8) is 0 Å². The Bertz CT molecular complexity index is 458. The van der Waals surface area contributed by atoms with Gasteiger partial charge in [-0.15, -0.1) is 0 Å². The van der Waals surface area contributed by atoms with Crippen molar-refractivity contribution in [1.29, 1.82) is 0 Å². The van der Waals surface area contributed by atoms with Gasteiger partial charge >= 0.3 is 0 Å². The van der Waals surface area contributed by atoms with E-state index in [1.165, 1.54) is 36.0 Å². The largest absolute Gasteiger partial charge is 0.308 e. The van der Waals surface area contributed by atoms with Gasteiger partial charge in [-0.1, -0.05) is 18.2 Å². The van der Waals surface area contributed by atoms with Gasteiger partial charge in [-0.05, 0) is 56.2 Å². The van der Waals surface area contributed by atoms with Crippen LogP contribution in [0.2, 0.25) is 0 Å². The molecule has 2 rings (SSSR count). The molecule has 0 spiro atoms. The Morgan fingerprint density at radius 1 is 1.26 bits per heavy atom. The number of fused-ring (bicyclic) bond motifs is 1. The van der Waals surface area contributed by atoms with Crippen LogP contribution in [0.3, 0.4) is 0 Å². The maximum atomic E-state index is 11.1. The van der Waals surface area contributed by atoms with Gasteiger partial charge in [-0.2, -0.15) is 0 Å². The number of nitrogens with one attached hydrogen (secondary N) is 1. The van der Waals surface area contributed by atoms with Crippen LogP contribution in [-0.4, -0.2) is 22.3 Å². The molecule has 2 nitrogen and oxygen atoms in total. The number of hydrogen-bond acceptors (Lipinski definition) is 2. The van der Waals surface area contributed by atoms with Gasteiger partial charge in [0.1, 0.15) is 0 Å². The van der Waals surface area contributed by atoms with Crippen molar-refractivity contribution in [3.05, 3.63) is 34.9 Å². The van der Waals surface area contributed by atoms with Gasteiger partial charge in [0.05, 0.1) is 0 Å². The Hall–Kier alpha value is -0.670. The van der Waals surface area contributed by atoms with Crippen LogP contribution in [0.1, 0.15) is 49.4 Å². The summed E-state index contributed by atoms with van der Waals surface area (Å²) >= 11 is 0.